The summed E-state index contributed by atoms with van der Waals surface area (Å²) in [5, 5.41) is 0.914. The zero-order chi connectivity index (χ0) is 30.8. The van der Waals surface area contributed by atoms with E-state index in [9.17, 15) is 14.4 Å². The topological polar surface area (TPSA) is 91.9 Å². The molecular weight excluding hydrogens is 574 g/mol. The molecule has 1 atom stereocenters. The number of thiazole rings is 1. The van der Waals surface area contributed by atoms with Crippen LogP contribution in [0, 0.1) is 6.92 Å². The van der Waals surface area contributed by atoms with E-state index in [-0.39, 0.29) is 24.7 Å². The standard InChI is InChI=1S/C35H31N3O5S/c1-4-42-29(39)21-37-22(3)26(25-18-12-13-19-27(25)37)20-28-33(40)38-32(24-16-10-7-11-17-24)30(34(41)43-5-2)31(36-35(38)44-28)23-14-8-6-9-15-23/h6-20,32H,4-5,21H2,1-3H3/b28-20-/t32-/m0/s1. The van der Waals surface area contributed by atoms with Gasteiger partial charge in [0.1, 0.15) is 6.54 Å². The van der Waals surface area contributed by atoms with Crippen LogP contribution < -0.4 is 14.9 Å². The van der Waals surface area contributed by atoms with Crippen molar-refractivity contribution in [2.24, 2.45) is 4.99 Å². The van der Waals surface area contributed by atoms with Gasteiger partial charge in [0.2, 0.25) is 0 Å². The lowest BCUT2D eigenvalue weighted by Crippen LogP contribution is -2.40. The van der Waals surface area contributed by atoms with Gasteiger partial charge in [-0.25, -0.2) is 9.79 Å². The molecule has 6 rings (SSSR count). The van der Waals surface area contributed by atoms with E-state index in [1.54, 1.807) is 18.4 Å². The SMILES string of the molecule is CCOC(=O)Cn1c(C)c(/C=c2\sc3n(c2=O)[C@@H](c2ccccc2)C(C(=O)OCC)=C(c2ccccc2)N=3)c2ccccc21. The Bertz CT molecular complexity index is 2090. The third-order valence-electron chi connectivity index (χ3n) is 7.64. The fourth-order valence-electron chi connectivity index (χ4n) is 5.70. The van der Waals surface area contributed by atoms with Crippen LogP contribution in [-0.4, -0.2) is 34.3 Å². The van der Waals surface area contributed by atoms with E-state index < -0.39 is 12.0 Å². The minimum Gasteiger partial charge on any atom is -0.465 e. The number of ether oxygens (including phenoxy) is 2. The molecule has 222 valence electrons. The van der Waals surface area contributed by atoms with Gasteiger partial charge in [-0.1, -0.05) is 90.2 Å². The van der Waals surface area contributed by atoms with Crippen molar-refractivity contribution < 1.29 is 19.1 Å². The summed E-state index contributed by atoms with van der Waals surface area (Å²) >= 11 is 1.27. The predicted octanol–water partition coefficient (Wildman–Crippen LogP) is 4.76. The lowest BCUT2D eigenvalue weighted by atomic mass is 9.93. The van der Waals surface area contributed by atoms with Gasteiger partial charge in [0.15, 0.2) is 4.80 Å². The number of hydrogen-bond donors (Lipinski definition) is 0. The van der Waals surface area contributed by atoms with Crippen LogP contribution in [0.1, 0.15) is 42.3 Å². The molecule has 0 saturated carbocycles. The number of carbonyl (C=O) groups excluding carboxylic acids is 2. The molecule has 2 aromatic heterocycles. The minimum atomic E-state index is -0.741. The first kappa shape index (κ1) is 29.1. The highest BCUT2D eigenvalue weighted by molar-refractivity contribution is 7.07. The molecular formula is C35H31N3O5S. The summed E-state index contributed by atoms with van der Waals surface area (Å²) in [7, 11) is 0. The van der Waals surface area contributed by atoms with Gasteiger partial charge in [0.25, 0.3) is 5.56 Å². The first-order valence-corrected chi connectivity index (χ1v) is 15.3. The number of hydrogen-bond acceptors (Lipinski definition) is 7. The molecule has 3 aromatic carbocycles. The Balaban J connectivity index is 1.62. The van der Waals surface area contributed by atoms with Gasteiger partial charge in [0.05, 0.1) is 35.1 Å². The van der Waals surface area contributed by atoms with Gasteiger partial charge in [-0.3, -0.25) is 14.2 Å². The number of esters is 2. The molecule has 3 heterocycles. The van der Waals surface area contributed by atoms with E-state index in [2.05, 4.69) is 0 Å². The van der Waals surface area contributed by atoms with Gasteiger partial charge in [-0.2, -0.15) is 0 Å². The second-order valence-corrected chi connectivity index (χ2v) is 11.3. The van der Waals surface area contributed by atoms with Crippen LogP contribution in [0.5, 0.6) is 0 Å². The third kappa shape index (κ3) is 5.20. The predicted molar refractivity (Wildman–Crippen MR) is 171 cm³/mol. The average molecular weight is 606 g/mol. The fourth-order valence-corrected chi connectivity index (χ4v) is 6.68. The molecule has 0 unspecified atom stereocenters. The Hall–Kier alpha value is -5.02. The maximum absolute atomic E-state index is 14.3. The van der Waals surface area contributed by atoms with Gasteiger partial charge >= 0.3 is 11.9 Å². The van der Waals surface area contributed by atoms with Crippen molar-refractivity contribution in [2.75, 3.05) is 13.2 Å². The molecule has 9 heteroatoms. The summed E-state index contributed by atoms with van der Waals surface area (Å²) in [6, 6.07) is 26.0. The Morgan fingerprint density at radius 2 is 1.57 bits per heavy atom. The quantitative estimate of drug-likeness (QED) is 0.238. The number of nitrogens with zero attached hydrogens (tertiary/aromatic N) is 3. The zero-order valence-electron chi connectivity index (χ0n) is 24.7. The average Bonchev–Trinajstić information content (AvgIpc) is 3.49. The van der Waals surface area contributed by atoms with Gasteiger partial charge in [0, 0.05) is 27.7 Å². The molecule has 1 aliphatic heterocycles. The molecule has 1 aliphatic rings. The lowest BCUT2D eigenvalue weighted by Gasteiger charge is -2.25. The Kier molecular flexibility index (Phi) is 8.13. The van der Waals surface area contributed by atoms with Crippen molar-refractivity contribution in [3.63, 3.8) is 0 Å². The number of para-hydroxylation sites is 1. The normalized spacial score (nSPS) is 14.8. The molecule has 5 aromatic rings. The number of benzene rings is 3. The molecule has 0 saturated heterocycles. The molecule has 0 amide bonds. The van der Waals surface area contributed by atoms with E-state index in [1.807, 2.05) is 102 Å². The third-order valence-corrected chi connectivity index (χ3v) is 8.62. The molecule has 0 N–H and O–H groups in total. The van der Waals surface area contributed by atoms with Crippen molar-refractivity contribution in [1.82, 2.24) is 9.13 Å². The molecule has 44 heavy (non-hydrogen) atoms. The minimum absolute atomic E-state index is 0.0621. The zero-order valence-corrected chi connectivity index (χ0v) is 25.5. The van der Waals surface area contributed by atoms with Crippen LogP contribution in [0.3, 0.4) is 0 Å². The molecule has 0 radical (unpaired) electrons. The van der Waals surface area contributed by atoms with Crippen LogP contribution in [0.2, 0.25) is 0 Å². The van der Waals surface area contributed by atoms with Crippen molar-refractivity contribution in [2.45, 2.75) is 33.4 Å². The fraction of sp³-hybridized carbons (Fsp3) is 0.200. The Morgan fingerprint density at radius 1 is 0.909 bits per heavy atom. The maximum atomic E-state index is 14.3. The van der Waals surface area contributed by atoms with E-state index in [0.29, 0.717) is 27.2 Å². The second kappa shape index (κ2) is 12.3. The van der Waals surface area contributed by atoms with E-state index in [1.165, 1.54) is 11.3 Å². The highest BCUT2D eigenvalue weighted by atomic mass is 32.1. The van der Waals surface area contributed by atoms with E-state index >= 15 is 0 Å². The number of aromatic nitrogens is 2. The molecule has 8 nitrogen and oxygen atoms in total. The first-order chi connectivity index (χ1) is 21.4. The monoisotopic (exact) mass is 605 g/mol. The van der Waals surface area contributed by atoms with Crippen molar-refractivity contribution in [3.8, 4) is 0 Å². The summed E-state index contributed by atoms with van der Waals surface area (Å²) in [5.41, 5.74) is 4.59. The summed E-state index contributed by atoms with van der Waals surface area (Å²) in [6.45, 7) is 6.02. The number of rotatable bonds is 8. The van der Waals surface area contributed by atoms with Crippen LogP contribution >= 0.6 is 11.3 Å². The summed E-state index contributed by atoms with van der Waals surface area (Å²) < 4.78 is 14.7. The van der Waals surface area contributed by atoms with Gasteiger partial charge in [-0.05, 0) is 38.5 Å². The summed E-state index contributed by atoms with van der Waals surface area (Å²) in [5.74, 6) is -0.846. The van der Waals surface area contributed by atoms with E-state index in [0.717, 1.165) is 33.3 Å². The first-order valence-electron chi connectivity index (χ1n) is 14.5. The Morgan fingerprint density at radius 3 is 2.27 bits per heavy atom. The smallest absolute Gasteiger partial charge is 0.338 e. The Labute approximate surface area is 257 Å². The van der Waals surface area contributed by atoms with Crippen molar-refractivity contribution >= 4 is 46.0 Å². The molecule has 0 aliphatic carbocycles. The van der Waals surface area contributed by atoms with Crippen molar-refractivity contribution in [1.29, 1.82) is 0 Å². The lowest BCUT2D eigenvalue weighted by molar-refractivity contribution is -0.143. The molecule has 0 fully saturated rings. The number of fused-ring (bicyclic) bond motifs is 2. The maximum Gasteiger partial charge on any atom is 0.338 e. The van der Waals surface area contributed by atoms with Crippen LogP contribution in [0.25, 0.3) is 22.7 Å². The summed E-state index contributed by atoms with van der Waals surface area (Å²) in [4.78, 5) is 45.8. The van der Waals surface area contributed by atoms with E-state index in [4.69, 9.17) is 14.5 Å². The van der Waals surface area contributed by atoms with Crippen molar-refractivity contribution in [3.05, 3.63) is 133 Å². The largest absolute Gasteiger partial charge is 0.465 e. The van der Waals surface area contributed by atoms with Gasteiger partial charge in [-0.15, -0.1) is 0 Å². The van der Waals surface area contributed by atoms with Crippen LogP contribution in [0.15, 0.2) is 100 Å². The van der Waals surface area contributed by atoms with Gasteiger partial charge < -0.3 is 14.0 Å². The molecule has 0 spiro atoms. The number of carbonyl (C=O) groups is 2. The molecule has 0 bridgehead atoms. The second-order valence-electron chi connectivity index (χ2n) is 10.2. The highest BCUT2D eigenvalue weighted by Gasteiger charge is 2.35. The summed E-state index contributed by atoms with van der Waals surface area (Å²) in [6.07, 6.45) is 1.86. The van der Waals surface area contributed by atoms with Crippen LogP contribution in [-0.2, 0) is 25.6 Å². The highest BCUT2D eigenvalue weighted by Crippen LogP contribution is 2.35. The van der Waals surface area contributed by atoms with Crippen LogP contribution in [0.4, 0.5) is 0 Å².